The van der Waals surface area contributed by atoms with Gasteiger partial charge < -0.3 is 14.6 Å². The number of aromatic nitrogens is 5. The van der Waals surface area contributed by atoms with Gasteiger partial charge in [-0.25, -0.2) is 4.68 Å². The summed E-state index contributed by atoms with van der Waals surface area (Å²) in [5, 5.41) is 12.0. The predicted octanol–water partition coefficient (Wildman–Crippen LogP) is 3.59. The number of carbonyl (C=O) groups is 1. The van der Waals surface area contributed by atoms with E-state index in [0.29, 0.717) is 23.8 Å². The number of amides is 1. The van der Waals surface area contributed by atoms with Gasteiger partial charge >= 0.3 is 0 Å². The fraction of sp³-hybridized carbons (Fsp3) is 0.231. The summed E-state index contributed by atoms with van der Waals surface area (Å²) in [5.41, 5.74) is 2.44. The highest BCUT2D eigenvalue weighted by atomic mass is 32.2. The first-order valence-corrected chi connectivity index (χ1v) is 12.3. The molecule has 0 radical (unpaired) electrons. The van der Waals surface area contributed by atoms with Gasteiger partial charge in [0.2, 0.25) is 5.91 Å². The molecular formula is C26H28N6O3S. The van der Waals surface area contributed by atoms with Crippen LogP contribution >= 0.6 is 11.8 Å². The van der Waals surface area contributed by atoms with E-state index in [4.69, 9.17) is 4.74 Å². The average molecular weight is 505 g/mol. The quantitative estimate of drug-likeness (QED) is 0.262. The molecule has 0 bridgehead atoms. The van der Waals surface area contributed by atoms with Crippen LogP contribution in [-0.2, 0) is 24.8 Å². The van der Waals surface area contributed by atoms with Crippen LogP contribution in [0, 0.1) is 6.92 Å². The summed E-state index contributed by atoms with van der Waals surface area (Å²) in [6, 6.07) is 17.1. The molecule has 36 heavy (non-hydrogen) atoms. The number of hydrogen-bond donors (Lipinski definition) is 1. The lowest BCUT2D eigenvalue weighted by Crippen LogP contribution is -2.23. The Morgan fingerprint density at radius 1 is 1.14 bits per heavy atom. The minimum absolute atomic E-state index is 0.0803. The lowest BCUT2D eigenvalue weighted by Gasteiger charge is -2.08. The molecule has 2 heterocycles. The van der Waals surface area contributed by atoms with Crippen LogP contribution in [0.2, 0.25) is 0 Å². The maximum absolute atomic E-state index is 13.1. The summed E-state index contributed by atoms with van der Waals surface area (Å²) < 4.78 is 10.4. The highest BCUT2D eigenvalue weighted by Crippen LogP contribution is 2.21. The molecule has 1 amide bonds. The SMILES string of the molecule is C=CCn1c(Cc2ccc(OC)cc2)nnc1SCC(=O)Nc1c(C)n(C)n(-c2ccccc2)c1=O. The maximum atomic E-state index is 13.1. The van der Waals surface area contributed by atoms with Crippen molar-refractivity contribution in [1.82, 2.24) is 24.1 Å². The second-order valence-corrected chi connectivity index (χ2v) is 9.04. The van der Waals surface area contributed by atoms with Gasteiger partial charge in [-0.2, -0.15) is 0 Å². The van der Waals surface area contributed by atoms with Crippen molar-refractivity contribution in [2.24, 2.45) is 7.05 Å². The molecule has 2 aromatic carbocycles. The second-order valence-electron chi connectivity index (χ2n) is 8.10. The lowest BCUT2D eigenvalue weighted by molar-refractivity contribution is -0.113. The van der Waals surface area contributed by atoms with E-state index < -0.39 is 0 Å². The lowest BCUT2D eigenvalue weighted by atomic mass is 10.1. The van der Waals surface area contributed by atoms with Crippen molar-refractivity contribution in [3.8, 4) is 11.4 Å². The normalized spacial score (nSPS) is 10.9. The summed E-state index contributed by atoms with van der Waals surface area (Å²) in [6.07, 6.45) is 2.35. The number of methoxy groups -OCH3 is 1. The van der Waals surface area contributed by atoms with Crippen LogP contribution in [0.15, 0.2) is 77.2 Å². The molecule has 0 saturated heterocycles. The predicted molar refractivity (Wildman–Crippen MR) is 141 cm³/mol. The second kappa shape index (κ2) is 11.1. The number of para-hydroxylation sites is 1. The number of nitrogens with one attached hydrogen (secondary N) is 1. The molecule has 2 aromatic heterocycles. The molecule has 0 aliphatic heterocycles. The molecule has 0 saturated carbocycles. The summed E-state index contributed by atoms with van der Waals surface area (Å²) in [6.45, 7) is 6.15. The number of nitrogens with zero attached hydrogens (tertiary/aromatic N) is 5. The molecule has 0 aliphatic carbocycles. The third kappa shape index (κ3) is 5.28. The third-order valence-electron chi connectivity index (χ3n) is 5.78. The Morgan fingerprint density at radius 2 is 1.86 bits per heavy atom. The zero-order valence-electron chi connectivity index (χ0n) is 20.5. The van der Waals surface area contributed by atoms with E-state index in [0.717, 1.165) is 22.8 Å². The number of ether oxygens (including phenoxy) is 1. The summed E-state index contributed by atoms with van der Waals surface area (Å²) in [4.78, 5) is 25.8. The van der Waals surface area contributed by atoms with Crippen molar-refractivity contribution < 1.29 is 9.53 Å². The highest BCUT2D eigenvalue weighted by molar-refractivity contribution is 7.99. The Balaban J connectivity index is 1.47. The van der Waals surface area contributed by atoms with Crippen molar-refractivity contribution in [2.45, 2.75) is 25.0 Å². The fourth-order valence-electron chi connectivity index (χ4n) is 3.81. The van der Waals surface area contributed by atoms with E-state index >= 15 is 0 Å². The number of allylic oxidation sites excluding steroid dienone is 1. The summed E-state index contributed by atoms with van der Waals surface area (Å²) >= 11 is 1.26. The number of anilines is 1. The Bertz CT molecular complexity index is 1420. The number of carbonyl (C=O) groups excluding carboxylic acids is 1. The van der Waals surface area contributed by atoms with E-state index in [1.807, 2.05) is 59.2 Å². The van der Waals surface area contributed by atoms with Crippen molar-refractivity contribution in [3.05, 3.63) is 94.7 Å². The van der Waals surface area contributed by atoms with E-state index in [9.17, 15) is 9.59 Å². The number of hydrogen-bond acceptors (Lipinski definition) is 6. The molecular weight excluding hydrogens is 476 g/mol. The largest absolute Gasteiger partial charge is 0.497 e. The molecule has 10 heteroatoms. The van der Waals surface area contributed by atoms with Crippen LogP contribution in [0.3, 0.4) is 0 Å². The van der Waals surface area contributed by atoms with Gasteiger partial charge in [0.05, 0.1) is 24.2 Å². The summed E-state index contributed by atoms with van der Waals surface area (Å²) in [5.74, 6) is 1.35. The molecule has 0 spiro atoms. The van der Waals surface area contributed by atoms with Crippen LogP contribution in [0.1, 0.15) is 17.1 Å². The maximum Gasteiger partial charge on any atom is 0.295 e. The standard InChI is InChI=1S/C26H28N6O3S/c1-5-15-31-22(16-19-11-13-21(35-4)14-12-19)28-29-26(31)36-17-23(33)27-24-18(2)30(3)32(25(24)34)20-9-7-6-8-10-20/h5-14H,1,15-17H2,2-4H3,(H,27,33). The Hall–Kier alpha value is -4.05. The van der Waals surface area contributed by atoms with Gasteiger partial charge in [-0.1, -0.05) is 48.2 Å². The molecule has 4 aromatic rings. The molecule has 4 rings (SSSR count). The third-order valence-corrected chi connectivity index (χ3v) is 6.74. The molecule has 0 atom stereocenters. The Kier molecular flexibility index (Phi) is 7.74. The number of benzene rings is 2. The first-order valence-electron chi connectivity index (χ1n) is 11.4. The van der Waals surface area contributed by atoms with Crippen LogP contribution in [0.25, 0.3) is 5.69 Å². The average Bonchev–Trinajstić information content (AvgIpc) is 3.36. The molecule has 1 N–H and O–H groups in total. The van der Waals surface area contributed by atoms with E-state index in [2.05, 4.69) is 22.1 Å². The smallest absolute Gasteiger partial charge is 0.295 e. The minimum atomic E-state index is -0.295. The molecule has 0 unspecified atom stereocenters. The first kappa shape index (κ1) is 25.1. The number of thioether (sulfide) groups is 1. The number of rotatable bonds is 10. The van der Waals surface area contributed by atoms with Gasteiger partial charge in [-0.05, 0) is 36.8 Å². The molecule has 9 nitrogen and oxygen atoms in total. The van der Waals surface area contributed by atoms with Crippen molar-refractivity contribution in [2.75, 3.05) is 18.2 Å². The van der Waals surface area contributed by atoms with Gasteiger partial charge in [0.25, 0.3) is 5.56 Å². The van der Waals surface area contributed by atoms with Gasteiger partial charge in [-0.15, -0.1) is 16.8 Å². The van der Waals surface area contributed by atoms with Gasteiger partial charge in [0, 0.05) is 20.0 Å². The molecule has 0 fully saturated rings. The molecule has 186 valence electrons. The van der Waals surface area contributed by atoms with Crippen LogP contribution in [0.4, 0.5) is 5.69 Å². The zero-order valence-corrected chi connectivity index (χ0v) is 21.3. The first-order chi connectivity index (χ1) is 17.4. The van der Waals surface area contributed by atoms with E-state index in [1.54, 1.807) is 31.8 Å². The van der Waals surface area contributed by atoms with Crippen LogP contribution in [-0.4, -0.2) is 42.9 Å². The van der Waals surface area contributed by atoms with Crippen molar-refractivity contribution in [1.29, 1.82) is 0 Å². The fourth-order valence-corrected chi connectivity index (χ4v) is 4.58. The van der Waals surface area contributed by atoms with E-state index in [-0.39, 0.29) is 22.9 Å². The van der Waals surface area contributed by atoms with Crippen LogP contribution in [0.5, 0.6) is 5.75 Å². The minimum Gasteiger partial charge on any atom is -0.497 e. The molecule has 0 aliphatic rings. The van der Waals surface area contributed by atoms with Crippen molar-refractivity contribution >= 4 is 23.4 Å². The van der Waals surface area contributed by atoms with E-state index in [1.165, 1.54) is 16.4 Å². The van der Waals surface area contributed by atoms with Crippen LogP contribution < -0.4 is 15.6 Å². The summed E-state index contributed by atoms with van der Waals surface area (Å²) in [7, 11) is 3.42. The van der Waals surface area contributed by atoms with Gasteiger partial charge in [0.1, 0.15) is 17.3 Å². The Morgan fingerprint density at radius 3 is 2.53 bits per heavy atom. The van der Waals surface area contributed by atoms with Crippen molar-refractivity contribution in [3.63, 3.8) is 0 Å². The Labute approximate surface area is 213 Å². The zero-order chi connectivity index (χ0) is 25.7. The monoisotopic (exact) mass is 504 g/mol. The topological polar surface area (TPSA) is 96.0 Å². The highest BCUT2D eigenvalue weighted by Gasteiger charge is 2.19. The van der Waals surface area contributed by atoms with Gasteiger partial charge in [0.15, 0.2) is 5.16 Å². The van der Waals surface area contributed by atoms with Gasteiger partial charge in [-0.3, -0.25) is 14.3 Å².